The van der Waals surface area contributed by atoms with Gasteiger partial charge < -0.3 is 4.98 Å². The molecule has 0 radical (unpaired) electrons. The van der Waals surface area contributed by atoms with Crippen molar-refractivity contribution in [1.29, 1.82) is 0 Å². The summed E-state index contributed by atoms with van der Waals surface area (Å²) in [5.74, 6) is 0. The van der Waals surface area contributed by atoms with Gasteiger partial charge in [0.05, 0.1) is 0 Å². The number of benzene rings is 1. The smallest absolute Gasteiger partial charge is 0.248 e. The van der Waals surface area contributed by atoms with Gasteiger partial charge in [-0.15, -0.1) is 0 Å². The van der Waals surface area contributed by atoms with Gasteiger partial charge in [0.2, 0.25) is 5.56 Å². The minimum atomic E-state index is -0.0396. The lowest BCUT2D eigenvalue weighted by Crippen LogP contribution is -2.07. The van der Waals surface area contributed by atoms with Crippen LogP contribution in [0.1, 0.15) is 23.2 Å². The molecular formula is C15H13NO. The van der Waals surface area contributed by atoms with Crippen LogP contribution in [-0.4, -0.2) is 4.98 Å². The lowest BCUT2D eigenvalue weighted by molar-refractivity contribution is 0.988. The third-order valence-corrected chi connectivity index (χ3v) is 3.16. The zero-order valence-electron chi connectivity index (χ0n) is 9.44. The summed E-state index contributed by atoms with van der Waals surface area (Å²) < 4.78 is 0. The van der Waals surface area contributed by atoms with Gasteiger partial charge in [0.25, 0.3) is 0 Å². The Hall–Kier alpha value is -2.09. The number of pyridine rings is 1. The highest BCUT2D eigenvalue weighted by atomic mass is 16.1. The molecule has 1 aromatic heterocycles. The van der Waals surface area contributed by atoms with Crippen molar-refractivity contribution in [2.75, 3.05) is 0 Å². The molecule has 1 aromatic carbocycles. The second-order valence-electron chi connectivity index (χ2n) is 4.30. The minimum Gasteiger partial charge on any atom is -0.322 e. The van der Waals surface area contributed by atoms with Crippen LogP contribution in [0.4, 0.5) is 0 Å². The number of allylic oxidation sites excluding steroid dienone is 1. The highest BCUT2D eigenvalue weighted by molar-refractivity contribution is 5.82. The number of hydrogen-bond acceptors (Lipinski definition) is 1. The summed E-state index contributed by atoms with van der Waals surface area (Å²) in [6.45, 7) is 0. The third-order valence-electron chi connectivity index (χ3n) is 3.16. The lowest BCUT2D eigenvalue weighted by Gasteiger charge is -2.16. The highest BCUT2D eigenvalue weighted by Crippen LogP contribution is 2.28. The van der Waals surface area contributed by atoms with Crippen LogP contribution in [0.3, 0.4) is 0 Å². The fourth-order valence-electron chi connectivity index (χ4n) is 2.28. The molecule has 3 rings (SSSR count). The summed E-state index contributed by atoms with van der Waals surface area (Å²) in [6, 6.07) is 13.7. The number of hydrogen-bond donors (Lipinski definition) is 1. The standard InChI is InChI=1S/C15H13NO/c17-15-7-3-6-14(16-15)13-9-8-11-4-1-2-5-12(11)10-13/h1-7,10H,8-9H2,(H,16,17). The van der Waals surface area contributed by atoms with Crippen molar-refractivity contribution in [3.63, 3.8) is 0 Å². The van der Waals surface area contributed by atoms with E-state index in [1.54, 1.807) is 12.1 Å². The summed E-state index contributed by atoms with van der Waals surface area (Å²) in [5, 5.41) is 0. The SMILES string of the molecule is O=c1cccc(C2=Cc3ccccc3CC2)[nH]1. The number of rotatable bonds is 1. The summed E-state index contributed by atoms with van der Waals surface area (Å²) in [6.07, 6.45) is 4.19. The Morgan fingerprint density at radius 3 is 2.71 bits per heavy atom. The zero-order valence-corrected chi connectivity index (χ0v) is 9.44. The predicted molar refractivity (Wildman–Crippen MR) is 69.7 cm³/mol. The molecule has 17 heavy (non-hydrogen) atoms. The molecule has 0 saturated heterocycles. The molecule has 1 heterocycles. The Bertz CT molecular complexity index is 637. The van der Waals surface area contributed by atoms with Crippen LogP contribution in [0, 0.1) is 0 Å². The monoisotopic (exact) mass is 223 g/mol. The van der Waals surface area contributed by atoms with E-state index in [1.807, 2.05) is 12.1 Å². The summed E-state index contributed by atoms with van der Waals surface area (Å²) in [5.41, 5.74) is 4.75. The Morgan fingerprint density at radius 1 is 0.941 bits per heavy atom. The van der Waals surface area contributed by atoms with Crippen LogP contribution in [0.2, 0.25) is 0 Å². The topological polar surface area (TPSA) is 32.9 Å². The maximum Gasteiger partial charge on any atom is 0.248 e. The second-order valence-corrected chi connectivity index (χ2v) is 4.30. The van der Waals surface area contributed by atoms with Gasteiger partial charge in [-0.25, -0.2) is 0 Å². The van der Waals surface area contributed by atoms with Crippen molar-refractivity contribution in [3.05, 3.63) is 69.6 Å². The van der Waals surface area contributed by atoms with Gasteiger partial charge in [0.1, 0.15) is 0 Å². The molecule has 0 amide bonds. The van der Waals surface area contributed by atoms with Gasteiger partial charge in [-0.1, -0.05) is 30.3 Å². The van der Waals surface area contributed by atoms with E-state index in [0.717, 1.165) is 18.5 Å². The number of fused-ring (bicyclic) bond motifs is 1. The van der Waals surface area contributed by atoms with Crippen molar-refractivity contribution in [3.8, 4) is 0 Å². The number of aryl methyl sites for hydroxylation is 1. The van der Waals surface area contributed by atoms with Crippen LogP contribution in [0.5, 0.6) is 0 Å². The molecule has 0 saturated carbocycles. The Kier molecular flexibility index (Phi) is 2.41. The molecule has 2 nitrogen and oxygen atoms in total. The summed E-state index contributed by atoms with van der Waals surface area (Å²) in [4.78, 5) is 14.2. The number of nitrogens with one attached hydrogen (secondary N) is 1. The van der Waals surface area contributed by atoms with Gasteiger partial charge in [-0.2, -0.15) is 0 Å². The van der Waals surface area contributed by atoms with Crippen molar-refractivity contribution >= 4 is 11.6 Å². The van der Waals surface area contributed by atoms with E-state index < -0.39 is 0 Å². The predicted octanol–water partition coefficient (Wildman–Crippen LogP) is 2.86. The van der Waals surface area contributed by atoms with Gasteiger partial charge in [-0.05, 0) is 41.7 Å². The average Bonchev–Trinajstić information content (AvgIpc) is 2.38. The molecule has 0 spiro atoms. The Labute approximate surface area is 99.6 Å². The third kappa shape index (κ3) is 1.94. The average molecular weight is 223 g/mol. The molecule has 0 atom stereocenters. The first kappa shape index (κ1) is 10.1. The van der Waals surface area contributed by atoms with E-state index in [0.29, 0.717) is 0 Å². The molecule has 0 aliphatic heterocycles. The molecule has 2 aromatic rings. The molecule has 1 N–H and O–H groups in total. The molecule has 84 valence electrons. The van der Waals surface area contributed by atoms with Crippen LogP contribution < -0.4 is 5.56 Å². The fourth-order valence-corrected chi connectivity index (χ4v) is 2.28. The second kappa shape index (κ2) is 4.06. The van der Waals surface area contributed by atoms with Gasteiger partial charge in [0.15, 0.2) is 0 Å². The van der Waals surface area contributed by atoms with Crippen molar-refractivity contribution < 1.29 is 0 Å². The van der Waals surface area contributed by atoms with Crippen molar-refractivity contribution in [2.24, 2.45) is 0 Å². The Morgan fingerprint density at radius 2 is 1.82 bits per heavy atom. The molecule has 0 fully saturated rings. The number of aromatic amines is 1. The van der Waals surface area contributed by atoms with E-state index >= 15 is 0 Å². The van der Waals surface area contributed by atoms with Crippen LogP contribution in [0.25, 0.3) is 11.6 Å². The summed E-state index contributed by atoms with van der Waals surface area (Å²) >= 11 is 0. The minimum absolute atomic E-state index is 0.0396. The van der Waals surface area contributed by atoms with E-state index in [9.17, 15) is 4.79 Å². The van der Waals surface area contributed by atoms with Gasteiger partial charge in [-0.3, -0.25) is 4.79 Å². The normalized spacial score (nSPS) is 14.0. The maximum absolute atomic E-state index is 11.3. The molecule has 1 aliphatic carbocycles. The van der Waals surface area contributed by atoms with Crippen molar-refractivity contribution in [2.45, 2.75) is 12.8 Å². The maximum atomic E-state index is 11.3. The lowest BCUT2D eigenvalue weighted by atomic mass is 9.91. The molecular weight excluding hydrogens is 210 g/mol. The number of H-pyrrole nitrogens is 1. The molecule has 0 unspecified atom stereocenters. The van der Waals surface area contributed by atoms with E-state index in [4.69, 9.17) is 0 Å². The van der Waals surface area contributed by atoms with Crippen LogP contribution in [0.15, 0.2) is 47.3 Å². The Balaban J connectivity index is 2.07. The van der Waals surface area contributed by atoms with Crippen LogP contribution in [-0.2, 0) is 6.42 Å². The zero-order chi connectivity index (χ0) is 11.7. The largest absolute Gasteiger partial charge is 0.322 e. The fraction of sp³-hybridized carbons (Fsp3) is 0.133. The highest BCUT2D eigenvalue weighted by Gasteiger charge is 2.11. The van der Waals surface area contributed by atoms with Crippen LogP contribution >= 0.6 is 0 Å². The van der Waals surface area contributed by atoms with E-state index in [1.165, 1.54) is 16.7 Å². The molecule has 1 aliphatic rings. The van der Waals surface area contributed by atoms with Gasteiger partial charge in [0, 0.05) is 11.8 Å². The van der Waals surface area contributed by atoms with Crippen molar-refractivity contribution in [1.82, 2.24) is 4.98 Å². The van der Waals surface area contributed by atoms with E-state index in [2.05, 4.69) is 29.3 Å². The quantitative estimate of drug-likeness (QED) is 0.792. The van der Waals surface area contributed by atoms with Gasteiger partial charge >= 0.3 is 0 Å². The first-order valence-corrected chi connectivity index (χ1v) is 5.81. The summed E-state index contributed by atoms with van der Waals surface area (Å²) in [7, 11) is 0. The first-order valence-electron chi connectivity index (χ1n) is 5.81. The van der Waals surface area contributed by atoms with E-state index in [-0.39, 0.29) is 5.56 Å². The molecule has 0 bridgehead atoms. The molecule has 2 heteroatoms. The first-order chi connectivity index (χ1) is 8.33. The number of aromatic nitrogens is 1.